The Morgan fingerprint density at radius 3 is 2.37 bits per heavy atom. The van der Waals surface area contributed by atoms with Crippen molar-refractivity contribution in [2.45, 2.75) is 26.4 Å². The van der Waals surface area contributed by atoms with Crippen molar-refractivity contribution < 1.29 is 14.3 Å². The van der Waals surface area contributed by atoms with Crippen molar-refractivity contribution in [3.8, 4) is 11.5 Å². The van der Waals surface area contributed by atoms with Crippen LogP contribution in [0.5, 0.6) is 11.5 Å². The summed E-state index contributed by atoms with van der Waals surface area (Å²) in [4.78, 5) is 12.0. The molecule has 1 amide bonds. The standard InChI is InChI=1S/C25H26N2O3/c1-2-8-20-13-15-24(16-14-20)30-19-25(28)27-26-17-21-9-6-7-10-22(21)18-29-23-11-4-3-5-12-23/h3-7,9-17H,2,8,18-19H2,1H3,(H,27,28)/b26-17+. The molecular weight excluding hydrogens is 376 g/mol. The lowest BCUT2D eigenvalue weighted by Crippen LogP contribution is -2.24. The van der Waals surface area contributed by atoms with Crippen LogP contribution in [0.25, 0.3) is 0 Å². The first kappa shape index (κ1) is 21.1. The Morgan fingerprint density at radius 1 is 0.900 bits per heavy atom. The summed E-state index contributed by atoms with van der Waals surface area (Å²) in [5.74, 6) is 1.15. The molecule has 0 aliphatic carbocycles. The highest BCUT2D eigenvalue weighted by Gasteiger charge is 2.03. The van der Waals surface area contributed by atoms with Crippen LogP contribution >= 0.6 is 0 Å². The number of carbonyl (C=O) groups excluding carboxylic acids is 1. The fourth-order valence-electron chi connectivity index (χ4n) is 2.87. The summed E-state index contributed by atoms with van der Waals surface area (Å²) in [6.07, 6.45) is 3.75. The Morgan fingerprint density at radius 2 is 1.60 bits per heavy atom. The second-order valence-electron chi connectivity index (χ2n) is 6.78. The van der Waals surface area contributed by atoms with E-state index in [1.54, 1.807) is 6.21 Å². The first-order valence-electron chi connectivity index (χ1n) is 10.0. The summed E-state index contributed by atoms with van der Waals surface area (Å²) >= 11 is 0. The minimum absolute atomic E-state index is 0.0940. The smallest absolute Gasteiger partial charge is 0.277 e. The van der Waals surface area contributed by atoms with Gasteiger partial charge in [-0.3, -0.25) is 4.79 Å². The summed E-state index contributed by atoms with van der Waals surface area (Å²) in [7, 11) is 0. The van der Waals surface area contributed by atoms with E-state index < -0.39 is 0 Å². The van der Waals surface area contributed by atoms with Crippen LogP contribution in [0, 0.1) is 0 Å². The third-order valence-corrected chi connectivity index (χ3v) is 4.42. The van der Waals surface area contributed by atoms with Crippen LogP contribution in [0.15, 0.2) is 84.0 Å². The van der Waals surface area contributed by atoms with Crippen LogP contribution in [0.3, 0.4) is 0 Å². The van der Waals surface area contributed by atoms with E-state index in [9.17, 15) is 4.79 Å². The number of aryl methyl sites for hydroxylation is 1. The zero-order chi connectivity index (χ0) is 21.0. The number of hydrogen-bond donors (Lipinski definition) is 1. The van der Waals surface area contributed by atoms with Crippen LogP contribution in [0.2, 0.25) is 0 Å². The number of nitrogens with one attached hydrogen (secondary N) is 1. The van der Waals surface area contributed by atoms with E-state index in [-0.39, 0.29) is 12.5 Å². The summed E-state index contributed by atoms with van der Waals surface area (Å²) in [5.41, 5.74) is 5.61. The molecule has 0 unspecified atom stereocenters. The van der Waals surface area contributed by atoms with Crippen LogP contribution in [-0.4, -0.2) is 18.7 Å². The summed E-state index contributed by atoms with van der Waals surface area (Å²) in [6, 6.07) is 25.2. The molecule has 0 radical (unpaired) electrons. The molecule has 3 aromatic rings. The van der Waals surface area contributed by atoms with E-state index in [1.165, 1.54) is 5.56 Å². The monoisotopic (exact) mass is 402 g/mol. The number of ether oxygens (including phenoxy) is 2. The van der Waals surface area contributed by atoms with Gasteiger partial charge in [-0.25, -0.2) is 5.43 Å². The van der Waals surface area contributed by atoms with Gasteiger partial charge >= 0.3 is 0 Å². The summed E-state index contributed by atoms with van der Waals surface area (Å²) in [6.45, 7) is 2.46. The predicted molar refractivity (Wildman–Crippen MR) is 119 cm³/mol. The van der Waals surface area contributed by atoms with Crippen molar-refractivity contribution in [2.75, 3.05) is 6.61 Å². The zero-order valence-electron chi connectivity index (χ0n) is 17.1. The van der Waals surface area contributed by atoms with Gasteiger partial charge in [-0.1, -0.05) is 67.9 Å². The Hall–Kier alpha value is -3.60. The van der Waals surface area contributed by atoms with Crippen LogP contribution < -0.4 is 14.9 Å². The molecule has 5 nitrogen and oxygen atoms in total. The molecule has 5 heteroatoms. The number of carbonyl (C=O) groups is 1. The summed E-state index contributed by atoms with van der Waals surface area (Å²) in [5, 5.41) is 4.05. The second-order valence-corrected chi connectivity index (χ2v) is 6.78. The van der Waals surface area contributed by atoms with Gasteiger partial charge in [0.15, 0.2) is 6.61 Å². The normalized spacial score (nSPS) is 10.7. The highest BCUT2D eigenvalue weighted by atomic mass is 16.5. The Bertz CT molecular complexity index is 954. The molecular formula is C25H26N2O3. The van der Waals surface area contributed by atoms with E-state index in [4.69, 9.17) is 9.47 Å². The molecule has 0 saturated carbocycles. The van der Waals surface area contributed by atoms with E-state index >= 15 is 0 Å². The molecule has 0 atom stereocenters. The van der Waals surface area contributed by atoms with Gasteiger partial charge < -0.3 is 9.47 Å². The van der Waals surface area contributed by atoms with Crippen molar-refractivity contribution >= 4 is 12.1 Å². The first-order chi connectivity index (χ1) is 14.7. The van der Waals surface area contributed by atoms with Crippen molar-refractivity contribution in [1.82, 2.24) is 5.43 Å². The lowest BCUT2D eigenvalue weighted by atomic mass is 10.1. The van der Waals surface area contributed by atoms with Gasteiger partial charge in [0.25, 0.3) is 5.91 Å². The zero-order valence-corrected chi connectivity index (χ0v) is 17.1. The highest BCUT2D eigenvalue weighted by Crippen LogP contribution is 2.14. The van der Waals surface area contributed by atoms with Gasteiger partial charge in [-0.05, 0) is 41.8 Å². The number of benzene rings is 3. The SMILES string of the molecule is CCCc1ccc(OCC(=O)N/N=C/c2ccccc2COc2ccccc2)cc1. The summed E-state index contributed by atoms with van der Waals surface area (Å²) < 4.78 is 11.3. The first-order valence-corrected chi connectivity index (χ1v) is 10.0. The molecule has 0 bridgehead atoms. The molecule has 3 aromatic carbocycles. The lowest BCUT2D eigenvalue weighted by molar-refractivity contribution is -0.123. The Kier molecular flexibility index (Phi) is 8.03. The van der Waals surface area contributed by atoms with Crippen LogP contribution in [-0.2, 0) is 17.8 Å². The lowest BCUT2D eigenvalue weighted by Gasteiger charge is -2.08. The molecule has 0 saturated heterocycles. The molecule has 0 aliphatic heterocycles. The molecule has 0 spiro atoms. The third kappa shape index (κ3) is 6.78. The van der Waals surface area contributed by atoms with Gasteiger partial charge in [0.1, 0.15) is 18.1 Å². The maximum atomic E-state index is 12.0. The van der Waals surface area contributed by atoms with Gasteiger partial charge in [0.05, 0.1) is 6.21 Å². The van der Waals surface area contributed by atoms with Crippen molar-refractivity contribution in [1.29, 1.82) is 0 Å². The maximum absolute atomic E-state index is 12.0. The van der Waals surface area contributed by atoms with Crippen molar-refractivity contribution in [3.05, 3.63) is 95.6 Å². The number of rotatable bonds is 10. The number of para-hydroxylation sites is 1. The minimum Gasteiger partial charge on any atom is -0.489 e. The molecule has 1 N–H and O–H groups in total. The highest BCUT2D eigenvalue weighted by molar-refractivity contribution is 5.84. The van der Waals surface area contributed by atoms with Crippen LogP contribution in [0.4, 0.5) is 0 Å². The third-order valence-electron chi connectivity index (χ3n) is 4.42. The average molecular weight is 402 g/mol. The fourth-order valence-corrected chi connectivity index (χ4v) is 2.87. The number of amides is 1. The van der Waals surface area contributed by atoms with E-state index in [0.29, 0.717) is 12.4 Å². The molecule has 0 fully saturated rings. The van der Waals surface area contributed by atoms with Gasteiger partial charge in [-0.2, -0.15) is 5.10 Å². The van der Waals surface area contributed by atoms with Gasteiger partial charge in [-0.15, -0.1) is 0 Å². The number of nitrogens with zero attached hydrogens (tertiary/aromatic N) is 1. The number of hydrazone groups is 1. The van der Waals surface area contributed by atoms with Crippen molar-refractivity contribution in [2.24, 2.45) is 5.10 Å². The van der Waals surface area contributed by atoms with E-state index in [2.05, 4.69) is 17.5 Å². The Labute approximate surface area is 177 Å². The fraction of sp³-hybridized carbons (Fsp3) is 0.200. The molecule has 3 rings (SSSR count). The van der Waals surface area contributed by atoms with Crippen LogP contribution in [0.1, 0.15) is 30.0 Å². The van der Waals surface area contributed by atoms with Crippen molar-refractivity contribution in [3.63, 3.8) is 0 Å². The van der Waals surface area contributed by atoms with E-state index in [0.717, 1.165) is 29.7 Å². The van der Waals surface area contributed by atoms with Gasteiger partial charge in [0, 0.05) is 5.56 Å². The average Bonchev–Trinajstić information content (AvgIpc) is 2.79. The molecule has 0 aliphatic rings. The topological polar surface area (TPSA) is 59.9 Å². The quantitative estimate of drug-likeness (QED) is 0.393. The molecule has 154 valence electrons. The number of hydrogen-bond acceptors (Lipinski definition) is 4. The maximum Gasteiger partial charge on any atom is 0.277 e. The minimum atomic E-state index is -0.318. The largest absolute Gasteiger partial charge is 0.489 e. The van der Waals surface area contributed by atoms with Gasteiger partial charge in [0.2, 0.25) is 0 Å². The second kappa shape index (κ2) is 11.4. The Balaban J connectivity index is 1.48. The molecule has 0 aromatic heterocycles. The molecule has 30 heavy (non-hydrogen) atoms. The van der Waals surface area contributed by atoms with E-state index in [1.807, 2.05) is 78.9 Å². The molecule has 0 heterocycles. The predicted octanol–water partition coefficient (Wildman–Crippen LogP) is 4.75.